The van der Waals surface area contributed by atoms with E-state index in [4.69, 9.17) is 5.26 Å². The molecule has 0 aliphatic carbocycles. The van der Waals surface area contributed by atoms with Crippen LogP contribution in [-0.4, -0.2) is 35.7 Å². The maximum atomic E-state index is 9.63. The van der Waals surface area contributed by atoms with Gasteiger partial charge < -0.3 is 10.0 Å². The van der Waals surface area contributed by atoms with E-state index in [1.807, 2.05) is 24.3 Å². The van der Waals surface area contributed by atoms with Crippen molar-refractivity contribution in [1.82, 2.24) is 4.90 Å². The highest BCUT2D eigenvalue weighted by molar-refractivity contribution is 5.87. The fraction of sp³-hybridized carbons (Fsp3) is 0.261. The van der Waals surface area contributed by atoms with Crippen LogP contribution >= 0.6 is 0 Å². The summed E-state index contributed by atoms with van der Waals surface area (Å²) >= 11 is 0. The molecule has 0 bridgehead atoms. The zero-order valence-electron chi connectivity index (χ0n) is 14.7. The molecule has 3 aromatic rings. The van der Waals surface area contributed by atoms with Crippen LogP contribution in [0.15, 0.2) is 60.7 Å². The molecule has 0 aromatic heterocycles. The highest BCUT2D eigenvalue weighted by atomic mass is 16.3. The first-order valence-corrected chi connectivity index (χ1v) is 9.15. The lowest BCUT2D eigenvalue weighted by molar-refractivity contribution is 0.177. The Kier molecular flexibility index (Phi) is 4.71. The minimum absolute atomic E-state index is 0.146. The van der Waals surface area contributed by atoms with Crippen LogP contribution in [0.25, 0.3) is 21.9 Å². The van der Waals surface area contributed by atoms with Gasteiger partial charge in [0.1, 0.15) is 0 Å². The van der Waals surface area contributed by atoms with Crippen LogP contribution in [0, 0.1) is 11.3 Å². The van der Waals surface area contributed by atoms with Crippen LogP contribution < -0.4 is 0 Å². The van der Waals surface area contributed by atoms with Crippen molar-refractivity contribution in [2.75, 3.05) is 19.6 Å². The summed E-state index contributed by atoms with van der Waals surface area (Å²) < 4.78 is 0. The predicted octanol–water partition coefficient (Wildman–Crippen LogP) is 3.99. The van der Waals surface area contributed by atoms with E-state index in [-0.39, 0.29) is 6.10 Å². The van der Waals surface area contributed by atoms with Gasteiger partial charge in [0, 0.05) is 19.6 Å². The molecule has 130 valence electrons. The van der Waals surface area contributed by atoms with E-state index in [0.717, 1.165) is 38.0 Å². The predicted molar refractivity (Wildman–Crippen MR) is 105 cm³/mol. The molecular weight excluding hydrogens is 320 g/mol. The zero-order chi connectivity index (χ0) is 17.9. The summed E-state index contributed by atoms with van der Waals surface area (Å²) in [6.45, 7) is 2.82. The number of benzene rings is 3. The summed E-state index contributed by atoms with van der Waals surface area (Å²) in [6, 6.07) is 23.1. The third-order valence-electron chi connectivity index (χ3n) is 5.22. The molecule has 0 radical (unpaired) electrons. The Morgan fingerprint density at radius 2 is 1.69 bits per heavy atom. The van der Waals surface area contributed by atoms with Crippen molar-refractivity contribution in [3.63, 3.8) is 0 Å². The van der Waals surface area contributed by atoms with Crippen LogP contribution in [0.5, 0.6) is 0 Å². The lowest BCUT2D eigenvalue weighted by Crippen LogP contribution is -2.24. The summed E-state index contributed by atoms with van der Waals surface area (Å²) in [5, 5.41) is 21.0. The number of β-amino-alcohol motifs (C(OH)–C–C–N with tert-alkyl or cyclic N) is 1. The summed E-state index contributed by atoms with van der Waals surface area (Å²) in [4.78, 5) is 2.34. The second-order valence-corrected chi connectivity index (χ2v) is 7.08. The monoisotopic (exact) mass is 342 g/mol. The van der Waals surface area contributed by atoms with Gasteiger partial charge in [0.25, 0.3) is 0 Å². The maximum Gasteiger partial charge on any atom is 0.0991 e. The van der Waals surface area contributed by atoms with E-state index in [1.54, 1.807) is 0 Å². The smallest absolute Gasteiger partial charge is 0.0991 e. The van der Waals surface area contributed by atoms with Crippen LogP contribution in [-0.2, 0) is 6.42 Å². The lowest BCUT2D eigenvalue weighted by Gasteiger charge is -2.15. The fourth-order valence-corrected chi connectivity index (χ4v) is 3.67. The molecule has 4 rings (SSSR count). The number of rotatable bonds is 4. The van der Waals surface area contributed by atoms with E-state index in [9.17, 15) is 5.11 Å². The Morgan fingerprint density at radius 3 is 2.42 bits per heavy atom. The molecule has 1 saturated heterocycles. The molecule has 3 aromatic carbocycles. The minimum atomic E-state index is -0.146. The van der Waals surface area contributed by atoms with E-state index in [2.05, 4.69) is 47.4 Å². The van der Waals surface area contributed by atoms with E-state index in [0.29, 0.717) is 5.56 Å². The number of nitrogens with zero attached hydrogens (tertiary/aromatic N) is 2. The van der Waals surface area contributed by atoms with Gasteiger partial charge in [-0.25, -0.2) is 0 Å². The van der Waals surface area contributed by atoms with E-state index in [1.165, 1.54) is 21.9 Å². The summed E-state index contributed by atoms with van der Waals surface area (Å²) in [5.74, 6) is 0. The Morgan fingerprint density at radius 1 is 0.962 bits per heavy atom. The van der Waals surface area contributed by atoms with Gasteiger partial charge in [-0.15, -0.1) is 0 Å². The van der Waals surface area contributed by atoms with Crippen LogP contribution in [0.4, 0.5) is 0 Å². The topological polar surface area (TPSA) is 47.3 Å². The zero-order valence-corrected chi connectivity index (χ0v) is 14.7. The number of fused-ring (bicyclic) bond motifs is 1. The van der Waals surface area contributed by atoms with Gasteiger partial charge in [-0.1, -0.05) is 42.5 Å². The Bertz CT molecular complexity index is 956. The number of hydrogen-bond acceptors (Lipinski definition) is 3. The van der Waals surface area contributed by atoms with Crippen molar-refractivity contribution in [3.05, 3.63) is 71.8 Å². The third-order valence-corrected chi connectivity index (χ3v) is 5.22. The molecule has 1 N–H and O–H groups in total. The van der Waals surface area contributed by atoms with Crippen molar-refractivity contribution in [1.29, 1.82) is 5.26 Å². The summed E-state index contributed by atoms with van der Waals surface area (Å²) in [6.07, 6.45) is 1.77. The second kappa shape index (κ2) is 7.29. The number of aliphatic hydroxyl groups excluding tert-OH is 1. The number of aliphatic hydroxyl groups is 1. The Balaban J connectivity index is 1.51. The molecular formula is C23H22N2O. The van der Waals surface area contributed by atoms with Crippen LogP contribution in [0.2, 0.25) is 0 Å². The van der Waals surface area contributed by atoms with Gasteiger partial charge in [0.2, 0.25) is 0 Å². The van der Waals surface area contributed by atoms with Gasteiger partial charge >= 0.3 is 0 Å². The molecule has 1 heterocycles. The highest BCUT2D eigenvalue weighted by Crippen LogP contribution is 2.26. The maximum absolute atomic E-state index is 9.63. The largest absolute Gasteiger partial charge is 0.392 e. The molecule has 0 spiro atoms. The van der Waals surface area contributed by atoms with Crippen molar-refractivity contribution in [2.24, 2.45) is 0 Å². The van der Waals surface area contributed by atoms with Crippen molar-refractivity contribution < 1.29 is 5.11 Å². The van der Waals surface area contributed by atoms with Gasteiger partial charge in [0.05, 0.1) is 17.7 Å². The molecule has 0 saturated carbocycles. The van der Waals surface area contributed by atoms with E-state index >= 15 is 0 Å². The Labute approximate surface area is 154 Å². The van der Waals surface area contributed by atoms with Crippen LogP contribution in [0.1, 0.15) is 17.5 Å². The quantitative estimate of drug-likeness (QED) is 0.780. The first-order valence-electron chi connectivity index (χ1n) is 9.15. The van der Waals surface area contributed by atoms with Gasteiger partial charge in [-0.3, -0.25) is 0 Å². The molecule has 1 atom stereocenters. The van der Waals surface area contributed by atoms with Gasteiger partial charge in [0.15, 0.2) is 0 Å². The van der Waals surface area contributed by atoms with Crippen molar-refractivity contribution >= 4 is 10.8 Å². The SMILES string of the molecule is N#Cc1ccc(-c2ccc3cc(CCN4CCC(O)C4)ccc3c2)cc1. The standard InChI is InChI=1S/C23H22N2O/c24-15-18-2-4-19(5-3-18)21-8-7-20-13-17(1-6-22(20)14-21)9-11-25-12-10-23(26)16-25/h1-8,13-14,23,26H,9-12,16H2. The molecule has 1 fully saturated rings. The molecule has 0 amide bonds. The number of hydrogen-bond donors (Lipinski definition) is 1. The normalized spacial score (nSPS) is 17.5. The minimum Gasteiger partial charge on any atom is -0.392 e. The molecule has 1 aliphatic heterocycles. The molecule has 1 aliphatic rings. The van der Waals surface area contributed by atoms with Crippen molar-refractivity contribution in [3.8, 4) is 17.2 Å². The van der Waals surface area contributed by atoms with Gasteiger partial charge in [-0.2, -0.15) is 5.26 Å². The summed E-state index contributed by atoms with van der Waals surface area (Å²) in [5.41, 5.74) is 4.32. The molecule has 1 unspecified atom stereocenters. The average molecular weight is 342 g/mol. The fourth-order valence-electron chi connectivity index (χ4n) is 3.67. The number of nitriles is 1. The summed E-state index contributed by atoms with van der Waals surface area (Å²) in [7, 11) is 0. The first kappa shape index (κ1) is 16.8. The Hall–Kier alpha value is -2.67. The highest BCUT2D eigenvalue weighted by Gasteiger charge is 2.19. The number of likely N-dealkylation sites (tertiary alicyclic amines) is 1. The van der Waals surface area contributed by atoms with Crippen LogP contribution in [0.3, 0.4) is 0 Å². The third kappa shape index (κ3) is 3.62. The average Bonchev–Trinajstić information content (AvgIpc) is 3.11. The lowest BCUT2D eigenvalue weighted by atomic mass is 9.98. The molecule has 3 heteroatoms. The van der Waals surface area contributed by atoms with Crippen molar-refractivity contribution in [2.45, 2.75) is 18.9 Å². The first-order chi connectivity index (χ1) is 12.7. The molecule has 3 nitrogen and oxygen atoms in total. The molecule has 26 heavy (non-hydrogen) atoms. The van der Waals surface area contributed by atoms with E-state index < -0.39 is 0 Å². The van der Waals surface area contributed by atoms with Gasteiger partial charge in [-0.05, 0) is 58.5 Å². The second-order valence-electron chi connectivity index (χ2n) is 7.08.